The Morgan fingerprint density at radius 3 is 2.08 bits per heavy atom. The van der Waals surface area contributed by atoms with Crippen LogP contribution >= 0.6 is 0 Å². The summed E-state index contributed by atoms with van der Waals surface area (Å²) < 4.78 is 0. The zero-order valence-corrected chi connectivity index (χ0v) is 19.9. The Labute approximate surface area is 209 Å². The number of aliphatic carboxylic acids is 2. The molecule has 0 aliphatic rings. The highest BCUT2D eigenvalue weighted by molar-refractivity contribution is 5.95. The maximum Gasteiger partial charge on any atom is 0.326 e. The van der Waals surface area contributed by atoms with Crippen LogP contribution in [0.5, 0.6) is 0 Å². The molecule has 0 saturated carbocycles. The Kier molecular flexibility index (Phi) is 11.1. The van der Waals surface area contributed by atoms with Gasteiger partial charge in [-0.2, -0.15) is 0 Å². The topological polar surface area (TPSA) is 183 Å². The number of aryl methyl sites for hydroxylation is 1. The molecule has 2 atom stereocenters. The van der Waals surface area contributed by atoms with E-state index in [1.54, 1.807) is 42.5 Å². The number of hydrogen-bond donors (Lipinski definition) is 6. The minimum absolute atomic E-state index is 0.0112. The Bertz CT molecular complexity index is 1060. The zero-order chi connectivity index (χ0) is 26.5. The van der Waals surface area contributed by atoms with Gasteiger partial charge in [-0.25, -0.2) is 4.79 Å². The molecule has 0 aliphatic heterocycles. The summed E-state index contributed by atoms with van der Waals surface area (Å²) in [6.45, 7) is 0. The number of rotatable bonds is 15. The fraction of sp³-hybridized carbons (Fsp3) is 0.346. The number of amidine groups is 1. The molecule has 0 radical (unpaired) electrons. The third-order valence-corrected chi connectivity index (χ3v) is 5.56. The van der Waals surface area contributed by atoms with Crippen LogP contribution in [0, 0.1) is 5.41 Å². The van der Waals surface area contributed by atoms with E-state index in [2.05, 4.69) is 10.6 Å². The summed E-state index contributed by atoms with van der Waals surface area (Å²) in [5, 5.41) is 30.8. The average Bonchev–Trinajstić information content (AvgIpc) is 2.83. The van der Waals surface area contributed by atoms with Gasteiger partial charge in [0.05, 0.1) is 6.42 Å². The molecule has 0 bridgehead atoms. The summed E-state index contributed by atoms with van der Waals surface area (Å²) >= 11 is 0. The second-order valence-electron chi connectivity index (χ2n) is 8.48. The molecule has 192 valence electrons. The first kappa shape index (κ1) is 28.0. The number of nitrogen functional groups attached to an aromatic ring is 1. The van der Waals surface area contributed by atoms with E-state index in [0.717, 1.165) is 24.8 Å². The van der Waals surface area contributed by atoms with Crippen LogP contribution in [-0.4, -0.2) is 51.9 Å². The van der Waals surface area contributed by atoms with Crippen molar-refractivity contribution in [1.82, 2.24) is 10.6 Å². The highest BCUT2D eigenvalue weighted by Gasteiger charge is 2.28. The lowest BCUT2D eigenvalue weighted by Crippen LogP contribution is -2.52. The molecule has 0 heterocycles. The van der Waals surface area contributed by atoms with Crippen LogP contribution in [0.3, 0.4) is 0 Å². The fourth-order valence-electron chi connectivity index (χ4n) is 3.62. The number of carbonyl (C=O) groups excluding carboxylic acids is 2. The van der Waals surface area contributed by atoms with Crippen molar-refractivity contribution in [2.24, 2.45) is 5.73 Å². The monoisotopic (exact) mass is 496 g/mol. The standard InChI is InChI=1S/C26H32N4O6/c27-24(28)19-13-11-17(12-14-19)7-3-2-6-10-22(31)29-20(16-23(32)33)25(34)30-21(26(35)36)15-18-8-4-1-5-9-18/h1,4-5,8-9,11-14,20-21H,2-3,6-7,10,15-16H2,(H3,27,28)(H,29,31)(H,30,34)(H,32,33)(H,35,36)/t20-,21-/m0/s1. The predicted molar refractivity (Wildman–Crippen MR) is 134 cm³/mol. The van der Waals surface area contributed by atoms with Gasteiger partial charge in [0.2, 0.25) is 11.8 Å². The summed E-state index contributed by atoms with van der Waals surface area (Å²) in [5.74, 6) is -3.87. The van der Waals surface area contributed by atoms with Crippen LogP contribution in [0.2, 0.25) is 0 Å². The van der Waals surface area contributed by atoms with E-state index >= 15 is 0 Å². The number of unbranched alkanes of at least 4 members (excludes halogenated alkanes) is 2. The Balaban J connectivity index is 1.82. The third kappa shape index (κ3) is 9.96. The molecule has 10 heteroatoms. The Morgan fingerprint density at radius 1 is 0.833 bits per heavy atom. The number of carboxylic acid groups (broad SMARTS) is 2. The molecule has 0 spiro atoms. The van der Waals surface area contributed by atoms with Crippen LogP contribution < -0.4 is 16.4 Å². The Hall–Kier alpha value is -4.21. The minimum Gasteiger partial charge on any atom is -0.481 e. The smallest absolute Gasteiger partial charge is 0.326 e. The zero-order valence-electron chi connectivity index (χ0n) is 19.9. The number of amides is 2. The van der Waals surface area contributed by atoms with Crippen molar-refractivity contribution < 1.29 is 29.4 Å². The summed E-state index contributed by atoms with van der Waals surface area (Å²) in [5.41, 5.74) is 7.88. The van der Waals surface area contributed by atoms with Gasteiger partial charge in [-0.15, -0.1) is 0 Å². The lowest BCUT2D eigenvalue weighted by Gasteiger charge is -2.20. The highest BCUT2D eigenvalue weighted by atomic mass is 16.4. The number of hydrogen-bond acceptors (Lipinski definition) is 5. The van der Waals surface area contributed by atoms with Crippen molar-refractivity contribution in [1.29, 1.82) is 5.41 Å². The van der Waals surface area contributed by atoms with E-state index < -0.39 is 42.3 Å². The van der Waals surface area contributed by atoms with Gasteiger partial charge < -0.3 is 26.6 Å². The summed E-state index contributed by atoms with van der Waals surface area (Å²) in [6, 6.07) is 13.4. The minimum atomic E-state index is -1.38. The van der Waals surface area contributed by atoms with E-state index in [1.165, 1.54) is 0 Å². The van der Waals surface area contributed by atoms with E-state index in [-0.39, 0.29) is 18.7 Å². The molecule has 10 nitrogen and oxygen atoms in total. The lowest BCUT2D eigenvalue weighted by molar-refractivity contribution is -0.143. The fourth-order valence-corrected chi connectivity index (χ4v) is 3.62. The predicted octanol–water partition coefficient (Wildman–Crippen LogP) is 1.85. The molecule has 0 fully saturated rings. The summed E-state index contributed by atoms with van der Waals surface area (Å²) in [4.78, 5) is 47.9. The number of nitrogens with one attached hydrogen (secondary N) is 3. The van der Waals surface area contributed by atoms with Crippen LogP contribution in [0.25, 0.3) is 0 Å². The van der Waals surface area contributed by atoms with Gasteiger partial charge in [0, 0.05) is 18.4 Å². The second-order valence-corrected chi connectivity index (χ2v) is 8.48. The molecular formula is C26H32N4O6. The molecular weight excluding hydrogens is 464 g/mol. The van der Waals surface area contributed by atoms with Gasteiger partial charge in [-0.1, -0.05) is 61.0 Å². The quantitative estimate of drug-likeness (QED) is 0.123. The first-order valence-electron chi connectivity index (χ1n) is 11.7. The molecule has 7 N–H and O–H groups in total. The first-order chi connectivity index (χ1) is 17.2. The van der Waals surface area contributed by atoms with Crippen LogP contribution in [0.1, 0.15) is 48.8 Å². The molecule has 2 aromatic rings. The van der Waals surface area contributed by atoms with E-state index in [1.807, 2.05) is 12.1 Å². The highest BCUT2D eigenvalue weighted by Crippen LogP contribution is 2.10. The van der Waals surface area contributed by atoms with Gasteiger partial charge in [-0.3, -0.25) is 19.8 Å². The van der Waals surface area contributed by atoms with Crippen molar-refractivity contribution in [3.05, 3.63) is 71.3 Å². The SMILES string of the molecule is N=C(N)c1ccc(CCCCCC(=O)N[C@@H](CC(=O)O)C(=O)N[C@@H](Cc2ccccc2)C(=O)O)cc1. The molecule has 2 aromatic carbocycles. The van der Waals surface area contributed by atoms with Crippen LogP contribution in [-0.2, 0) is 32.0 Å². The molecule has 2 amide bonds. The molecule has 2 rings (SSSR count). The van der Waals surface area contributed by atoms with Gasteiger partial charge in [0.25, 0.3) is 0 Å². The second kappa shape index (κ2) is 14.2. The van der Waals surface area contributed by atoms with Crippen molar-refractivity contribution in [2.75, 3.05) is 0 Å². The van der Waals surface area contributed by atoms with Gasteiger partial charge in [0.1, 0.15) is 17.9 Å². The molecule has 0 aromatic heterocycles. The molecule has 0 aliphatic carbocycles. The van der Waals surface area contributed by atoms with Gasteiger partial charge >= 0.3 is 11.9 Å². The van der Waals surface area contributed by atoms with Crippen LogP contribution in [0.4, 0.5) is 0 Å². The maximum absolute atomic E-state index is 12.6. The number of benzene rings is 2. The first-order valence-corrected chi connectivity index (χ1v) is 11.7. The maximum atomic E-state index is 12.6. The molecule has 0 unspecified atom stereocenters. The summed E-state index contributed by atoms with van der Waals surface area (Å²) in [7, 11) is 0. The van der Waals surface area contributed by atoms with Crippen molar-refractivity contribution >= 4 is 29.6 Å². The number of carbonyl (C=O) groups is 4. The van der Waals surface area contributed by atoms with E-state index in [4.69, 9.17) is 16.2 Å². The summed E-state index contributed by atoms with van der Waals surface area (Å²) in [6.07, 6.45) is 2.38. The average molecular weight is 497 g/mol. The normalized spacial score (nSPS) is 12.2. The van der Waals surface area contributed by atoms with E-state index in [0.29, 0.717) is 17.5 Å². The number of nitrogens with two attached hydrogens (primary N) is 1. The van der Waals surface area contributed by atoms with Gasteiger partial charge in [-0.05, 0) is 30.4 Å². The van der Waals surface area contributed by atoms with E-state index in [9.17, 15) is 24.3 Å². The van der Waals surface area contributed by atoms with Crippen molar-refractivity contribution in [3.8, 4) is 0 Å². The third-order valence-electron chi connectivity index (χ3n) is 5.56. The molecule has 0 saturated heterocycles. The number of carboxylic acids is 2. The molecule has 36 heavy (non-hydrogen) atoms. The van der Waals surface area contributed by atoms with Crippen LogP contribution in [0.15, 0.2) is 54.6 Å². The van der Waals surface area contributed by atoms with Crippen molar-refractivity contribution in [2.45, 2.75) is 57.0 Å². The Morgan fingerprint density at radius 2 is 1.50 bits per heavy atom. The van der Waals surface area contributed by atoms with Gasteiger partial charge in [0.15, 0.2) is 0 Å². The lowest BCUT2D eigenvalue weighted by atomic mass is 10.0. The van der Waals surface area contributed by atoms with Crippen molar-refractivity contribution in [3.63, 3.8) is 0 Å². The largest absolute Gasteiger partial charge is 0.481 e.